The first-order valence-corrected chi connectivity index (χ1v) is 12.2. The average molecular weight is 484 g/mol. The van der Waals surface area contributed by atoms with E-state index in [1.165, 1.54) is 18.5 Å². The summed E-state index contributed by atoms with van der Waals surface area (Å²) in [6.07, 6.45) is 7.02. The summed E-state index contributed by atoms with van der Waals surface area (Å²) in [7, 11) is 0. The standard InChI is InChI=1S/C26H34FN5O3/c1-3-20-21(27)17-30-22-4-5-25(33)32(26(20)22)11-10-31-8-6-19(7-9-31)29-16-18(2)14-23-24(15-28)35-13-12-34-23/h4-5,14-15,17,19,29H,2-3,6-13,16,28H2,1H3/b23-14+,24-15+. The first kappa shape index (κ1) is 24.9. The maximum absolute atomic E-state index is 14.3. The highest BCUT2D eigenvalue weighted by Gasteiger charge is 2.20. The number of fused-ring (bicyclic) bond motifs is 1. The Bertz CT molecular complexity index is 1180. The Labute approximate surface area is 204 Å². The van der Waals surface area contributed by atoms with Crippen molar-refractivity contribution in [1.82, 2.24) is 19.8 Å². The lowest BCUT2D eigenvalue weighted by Crippen LogP contribution is -2.44. The number of aryl methyl sites for hydroxylation is 1. The Morgan fingerprint density at radius 3 is 2.71 bits per heavy atom. The smallest absolute Gasteiger partial charge is 0.251 e. The van der Waals surface area contributed by atoms with Gasteiger partial charge in [-0.25, -0.2) is 4.39 Å². The van der Waals surface area contributed by atoms with E-state index in [-0.39, 0.29) is 11.4 Å². The molecule has 0 radical (unpaired) electrons. The maximum Gasteiger partial charge on any atom is 0.251 e. The molecule has 2 aromatic heterocycles. The first-order valence-electron chi connectivity index (χ1n) is 12.2. The molecule has 0 atom stereocenters. The van der Waals surface area contributed by atoms with E-state index in [0.717, 1.165) is 38.0 Å². The highest BCUT2D eigenvalue weighted by molar-refractivity contribution is 5.78. The number of nitrogens with one attached hydrogen (secondary N) is 1. The highest BCUT2D eigenvalue weighted by atomic mass is 19.1. The number of hydrogen-bond donors (Lipinski definition) is 2. The summed E-state index contributed by atoms with van der Waals surface area (Å²) < 4.78 is 27.1. The maximum atomic E-state index is 14.3. The lowest BCUT2D eigenvalue weighted by Gasteiger charge is -2.32. The van der Waals surface area contributed by atoms with Crippen molar-refractivity contribution in [3.63, 3.8) is 0 Å². The summed E-state index contributed by atoms with van der Waals surface area (Å²) in [5.74, 6) is 0.798. The lowest BCUT2D eigenvalue weighted by atomic mass is 10.0. The van der Waals surface area contributed by atoms with Crippen LogP contribution >= 0.6 is 0 Å². The molecule has 2 saturated heterocycles. The van der Waals surface area contributed by atoms with Crippen LogP contribution in [0.3, 0.4) is 0 Å². The molecule has 0 unspecified atom stereocenters. The molecule has 9 heteroatoms. The van der Waals surface area contributed by atoms with Gasteiger partial charge in [-0.3, -0.25) is 9.78 Å². The van der Waals surface area contributed by atoms with Gasteiger partial charge in [0, 0.05) is 43.5 Å². The van der Waals surface area contributed by atoms with Crippen LogP contribution in [0.4, 0.5) is 4.39 Å². The third-order valence-corrected chi connectivity index (χ3v) is 6.58. The van der Waals surface area contributed by atoms with Gasteiger partial charge >= 0.3 is 0 Å². The molecule has 0 saturated carbocycles. The molecule has 2 fully saturated rings. The Kier molecular flexibility index (Phi) is 8.20. The topological polar surface area (TPSA) is 94.6 Å². The largest absolute Gasteiger partial charge is 0.486 e. The molecule has 188 valence electrons. The fraction of sp³-hybridized carbons (Fsp3) is 0.462. The third kappa shape index (κ3) is 5.91. The minimum atomic E-state index is -0.360. The van der Waals surface area contributed by atoms with E-state index in [1.54, 1.807) is 10.6 Å². The number of rotatable bonds is 8. The number of pyridine rings is 2. The van der Waals surface area contributed by atoms with Gasteiger partial charge in [-0.2, -0.15) is 0 Å². The van der Waals surface area contributed by atoms with Gasteiger partial charge in [0.05, 0.1) is 17.2 Å². The number of nitrogens with two attached hydrogens (primary N) is 1. The normalized spacial score (nSPS) is 19.7. The number of likely N-dealkylation sites (tertiary alicyclic amines) is 1. The van der Waals surface area contributed by atoms with Crippen molar-refractivity contribution in [2.75, 3.05) is 39.4 Å². The molecule has 2 aliphatic rings. The van der Waals surface area contributed by atoms with Crippen molar-refractivity contribution in [2.45, 2.75) is 38.8 Å². The zero-order valence-corrected chi connectivity index (χ0v) is 20.3. The van der Waals surface area contributed by atoms with Crippen molar-refractivity contribution in [3.05, 3.63) is 76.0 Å². The van der Waals surface area contributed by atoms with Crippen LogP contribution in [0.1, 0.15) is 25.3 Å². The van der Waals surface area contributed by atoms with E-state index in [0.29, 0.717) is 66.9 Å². The van der Waals surface area contributed by atoms with Gasteiger partial charge in [-0.15, -0.1) is 0 Å². The quantitative estimate of drug-likeness (QED) is 0.596. The van der Waals surface area contributed by atoms with Crippen molar-refractivity contribution >= 4 is 11.0 Å². The van der Waals surface area contributed by atoms with Crippen molar-refractivity contribution < 1.29 is 13.9 Å². The van der Waals surface area contributed by atoms with Gasteiger partial charge in [0.2, 0.25) is 0 Å². The van der Waals surface area contributed by atoms with Crippen LogP contribution in [0, 0.1) is 5.82 Å². The fourth-order valence-corrected chi connectivity index (χ4v) is 4.67. The number of halogens is 1. The van der Waals surface area contributed by atoms with Crippen LogP contribution in [-0.4, -0.2) is 59.9 Å². The Hall–Kier alpha value is -3.17. The number of ether oxygens (including phenoxy) is 2. The van der Waals surface area contributed by atoms with Crippen LogP contribution in [0.15, 0.2) is 59.1 Å². The van der Waals surface area contributed by atoms with Crippen LogP contribution in [-0.2, 0) is 22.4 Å². The molecule has 8 nitrogen and oxygen atoms in total. The molecule has 0 aromatic carbocycles. The number of aromatic nitrogens is 2. The molecule has 0 bridgehead atoms. The number of hydrogen-bond acceptors (Lipinski definition) is 7. The van der Waals surface area contributed by atoms with Crippen LogP contribution in [0.2, 0.25) is 0 Å². The van der Waals surface area contributed by atoms with Gasteiger partial charge in [-0.05, 0) is 50.1 Å². The average Bonchev–Trinajstić information content (AvgIpc) is 2.88. The number of nitrogens with zero attached hydrogens (tertiary/aromatic N) is 3. The molecular formula is C26H34FN5O3. The molecule has 2 aromatic rings. The predicted molar refractivity (Wildman–Crippen MR) is 134 cm³/mol. The van der Waals surface area contributed by atoms with Gasteiger partial charge in [0.1, 0.15) is 19.0 Å². The molecule has 2 aliphatic heterocycles. The van der Waals surface area contributed by atoms with Crippen LogP contribution < -0.4 is 16.6 Å². The Morgan fingerprint density at radius 1 is 1.26 bits per heavy atom. The fourth-order valence-electron chi connectivity index (χ4n) is 4.67. The monoisotopic (exact) mass is 483 g/mol. The zero-order chi connectivity index (χ0) is 24.8. The summed E-state index contributed by atoms with van der Waals surface area (Å²) >= 11 is 0. The summed E-state index contributed by atoms with van der Waals surface area (Å²) in [6, 6.07) is 3.58. The van der Waals surface area contributed by atoms with E-state index in [1.807, 2.05) is 13.0 Å². The third-order valence-electron chi connectivity index (χ3n) is 6.58. The van der Waals surface area contributed by atoms with E-state index in [2.05, 4.69) is 21.8 Å². The van der Waals surface area contributed by atoms with E-state index in [4.69, 9.17) is 15.2 Å². The first-order chi connectivity index (χ1) is 17.0. The summed E-state index contributed by atoms with van der Waals surface area (Å²) in [6.45, 7) is 10.7. The summed E-state index contributed by atoms with van der Waals surface area (Å²) in [4.78, 5) is 19.1. The molecule has 0 aliphatic carbocycles. The summed E-state index contributed by atoms with van der Waals surface area (Å²) in [5, 5.41) is 3.57. The molecule has 0 amide bonds. The number of piperidine rings is 1. The van der Waals surface area contributed by atoms with Crippen LogP contribution in [0.5, 0.6) is 0 Å². The van der Waals surface area contributed by atoms with Gasteiger partial charge < -0.3 is 30.0 Å². The second kappa shape index (κ2) is 11.5. The minimum absolute atomic E-state index is 0.122. The molecular weight excluding hydrogens is 449 g/mol. The van der Waals surface area contributed by atoms with Gasteiger partial charge in [-0.1, -0.05) is 13.5 Å². The Balaban J connectivity index is 1.29. The van der Waals surface area contributed by atoms with Gasteiger partial charge in [0.25, 0.3) is 5.56 Å². The summed E-state index contributed by atoms with van der Waals surface area (Å²) in [5.41, 5.74) is 8.19. The Morgan fingerprint density at radius 2 is 2.00 bits per heavy atom. The van der Waals surface area contributed by atoms with Crippen molar-refractivity contribution in [1.29, 1.82) is 0 Å². The lowest BCUT2D eigenvalue weighted by molar-refractivity contribution is 0.0591. The van der Waals surface area contributed by atoms with Crippen molar-refractivity contribution in [2.24, 2.45) is 5.73 Å². The predicted octanol–water partition coefficient (Wildman–Crippen LogP) is 2.44. The van der Waals surface area contributed by atoms with Crippen LogP contribution in [0.25, 0.3) is 11.0 Å². The second-order valence-corrected chi connectivity index (χ2v) is 8.89. The highest BCUT2D eigenvalue weighted by Crippen LogP contribution is 2.20. The van der Waals surface area contributed by atoms with E-state index in [9.17, 15) is 9.18 Å². The zero-order valence-electron chi connectivity index (χ0n) is 20.3. The minimum Gasteiger partial charge on any atom is -0.486 e. The van der Waals surface area contributed by atoms with E-state index < -0.39 is 0 Å². The second-order valence-electron chi connectivity index (χ2n) is 8.89. The SMILES string of the molecule is C=C(/C=C1/OCCO/C1=C/N)CNC1CCN(CCn2c(=O)ccc3ncc(F)c(CC)c32)CC1. The molecule has 3 N–H and O–H groups in total. The molecule has 4 rings (SSSR count). The van der Waals surface area contributed by atoms with Crippen molar-refractivity contribution in [3.8, 4) is 0 Å². The molecule has 35 heavy (non-hydrogen) atoms. The molecule has 4 heterocycles. The molecule has 0 spiro atoms. The van der Waals surface area contributed by atoms with Gasteiger partial charge in [0.15, 0.2) is 11.5 Å². The van der Waals surface area contributed by atoms with E-state index >= 15 is 0 Å².